The van der Waals surface area contributed by atoms with Crippen LogP contribution in [0.3, 0.4) is 0 Å². The molecule has 21 heteroatoms. The van der Waals surface area contributed by atoms with Gasteiger partial charge in [-0.3, -0.25) is 24.2 Å². The molecule has 2 saturated heterocycles. The summed E-state index contributed by atoms with van der Waals surface area (Å²) in [4.78, 5) is 69.0. The van der Waals surface area contributed by atoms with Crippen molar-refractivity contribution in [3.05, 3.63) is 133 Å². The van der Waals surface area contributed by atoms with Crippen molar-refractivity contribution in [2.24, 2.45) is 11.8 Å². The Morgan fingerprint density at radius 3 is 1.51 bits per heavy atom. The number of thiazole rings is 2. The van der Waals surface area contributed by atoms with Gasteiger partial charge in [-0.15, -0.1) is 23.5 Å². The summed E-state index contributed by atoms with van der Waals surface area (Å²) in [5.41, 5.74) is 9.71. The van der Waals surface area contributed by atoms with E-state index in [1.165, 1.54) is 34.3 Å². The number of rotatable bonds is 17. The molecule has 77 heavy (non-hydrogen) atoms. The second-order valence-electron chi connectivity index (χ2n) is 20.8. The normalized spacial score (nSPS) is 15.4. The molecule has 0 saturated carbocycles. The number of nitrogens with one attached hydrogen (secondary N) is 3. The molecular formula is C56H72N10O7S4. The number of benzene rings is 2. The van der Waals surface area contributed by atoms with E-state index in [0.29, 0.717) is 33.6 Å². The fourth-order valence-corrected chi connectivity index (χ4v) is 11.8. The third kappa shape index (κ3) is 18.5. The largest absolute Gasteiger partial charge is 0.478 e. The molecule has 6 aromatic rings. The topological polar surface area (TPSA) is 235 Å². The van der Waals surface area contributed by atoms with E-state index in [1.807, 2.05) is 36.4 Å². The number of carboxylic acid groups (broad SMARTS) is 1. The summed E-state index contributed by atoms with van der Waals surface area (Å²) in [5.74, 6) is 3.24. The molecule has 3 amide bonds. The maximum atomic E-state index is 12.9. The number of nitrogens with zero attached hydrogens (tertiary/aromatic N) is 6. The zero-order valence-corrected chi connectivity index (χ0v) is 48.4. The van der Waals surface area contributed by atoms with E-state index in [9.17, 15) is 19.2 Å². The van der Waals surface area contributed by atoms with Gasteiger partial charge in [-0.1, -0.05) is 102 Å². The van der Waals surface area contributed by atoms with Crippen LogP contribution in [0.1, 0.15) is 128 Å². The van der Waals surface area contributed by atoms with Gasteiger partial charge in [0.05, 0.1) is 44.7 Å². The van der Waals surface area contributed by atoms with Crippen molar-refractivity contribution in [3.63, 3.8) is 0 Å². The van der Waals surface area contributed by atoms with Gasteiger partial charge < -0.3 is 35.6 Å². The Labute approximate surface area is 468 Å². The second-order valence-corrected chi connectivity index (χ2v) is 25.4. The fraction of sp³-hybridized carbons (Fsp3) is 0.429. The molecule has 0 bridgehead atoms. The highest BCUT2D eigenvalue weighted by atomic mass is 32.2. The average molecular weight is 1130 g/mol. The minimum absolute atomic E-state index is 0.00688. The van der Waals surface area contributed by atoms with E-state index in [2.05, 4.69) is 126 Å². The zero-order chi connectivity index (χ0) is 55.9. The molecule has 0 spiro atoms. The van der Waals surface area contributed by atoms with Gasteiger partial charge in [0.15, 0.2) is 10.3 Å². The Morgan fingerprint density at radius 2 is 1.12 bits per heavy atom. The van der Waals surface area contributed by atoms with E-state index in [1.54, 1.807) is 48.3 Å². The first-order chi connectivity index (χ1) is 36.6. The Hall–Kier alpha value is -6.10. The first kappa shape index (κ1) is 60.1. The molecule has 412 valence electrons. The van der Waals surface area contributed by atoms with Crippen LogP contribution in [0.2, 0.25) is 0 Å². The van der Waals surface area contributed by atoms with E-state index in [4.69, 9.17) is 19.7 Å². The van der Waals surface area contributed by atoms with Gasteiger partial charge in [0, 0.05) is 52.2 Å². The van der Waals surface area contributed by atoms with Gasteiger partial charge in [0.25, 0.3) is 0 Å². The smallest absolute Gasteiger partial charge is 0.327 e. The molecule has 6 N–H and O–H groups in total. The summed E-state index contributed by atoms with van der Waals surface area (Å²) in [6.07, 6.45) is 12.5. The quantitative estimate of drug-likeness (QED) is 0.0324. The number of carbonyl (C=O) groups is 4. The highest BCUT2D eigenvalue weighted by molar-refractivity contribution is 8.00. The lowest BCUT2D eigenvalue weighted by Crippen LogP contribution is -2.39. The number of nitrogen functional groups attached to an aromatic ring is 1. The molecule has 2 aliphatic heterocycles. The second kappa shape index (κ2) is 28.0. The molecule has 2 aromatic carbocycles. The van der Waals surface area contributed by atoms with Gasteiger partial charge in [-0.05, 0) is 107 Å². The first-order valence-corrected chi connectivity index (χ1v) is 29.1. The van der Waals surface area contributed by atoms with Crippen LogP contribution >= 0.6 is 46.2 Å². The predicted molar refractivity (Wildman–Crippen MR) is 310 cm³/mol. The number of aromatic nitrogens is 4. The predicted octanol–water partition coefficient (Wildman–Crippen LogP) is 12.2. The number of aliphatic carboxylic acids is 1. The molecule has 2 unspecified atom stereocenters. The van der Waals surface area contributed by atoms with Gasteiger partial charge >= 0.3 is 5.97 Å². The highest BCUT2D eigenvalue weighted by Crippen LogP contribution is 2.36. The van der Waals surface area contributed by atoms with Crippen molar-refractivity contribution in [2.45, 2.75) is 124 Å². The fourth-order valence-electron chi connectivity index (χ4n) is 8.30. The molecule has 6 heterocycles. The van der Waals surface area contributed by atoms with E-state index in [0.717, 1.165) is 94.8 Å². The van der Waals surface area contributed by atoms with Crippen LogP contribution < -0.4 is 21.7 Å². The molecule has 0 radical (unpaired) electrons. The van der Waals surface area contributed by atoms with Crippen molar-refractivity contribution in [2.75, 3.05) is 47.9 Å². The molecule has 0 aliphatic carbocycles. The van der Waals surface area contributed by atoms with Crippen LogP contribution in [0, 0.1) is 11.8 Å². The number of carboxylic acids is 1. The minimum atomic E-state index is -0.981. The first-order valence-electron chi connectivity index (χ1n) is 25.5. The Kier molecular flexibility index (Phi) is 21.9. The summed E-state index contributed by atoms with van der Waals surface area (Å²) >= 11 is 6.18. The van der Waals surface area contributed by atoms with Gasteiger partial charge in [0.2, 0.25) is 29.5 Å². The van der Waals surface area contributed by atoms with Crippen LogP contribution in [-0.4, -0.2) is 84.7 Å². The number of likely N-dealkylation sites (tertiary alicyclic amines) is 2. The molecule has 4 aromatic heterocycles. The molecule has 8 rings (SSSR count). The van der Waals surface area contributed by atoms with Crippen LogP contribution in [0.4, 0.5) is 21.6 Å². The van der Waals surface area contributed by atoms with Crippen LogP contribution in [0.15, 0.2) is 116 Å². The van der Waals surface area contributed by atoms with Crippen molar-refractivity contribution in [1.29, 1.82) is 0 Å². The van der Waals surface area contributed by atoms with Gasteiger partial charge in [-0.2, -0.15) is 0 Å². The number of oxazole rings is 2. The minimum Gasteiger partial charge on any atom is -0.478 e. The summed E-state index contributed by atoms with van der Waals surface area (Å²) in [6.45, 7) is 26.9. The number of amides is 3. The summed E-state index contributed by atoms with van der Waals surface area (Å²) in [6, 6.07) is 16.4. The van der Waals surface area contributed by atoms with Crippen molar-refractivity contribution in [1.82, 2.24) is 29.7 Å². The van der Waals surface area contributed by atoms with Crippen LogP contribution in [0.25, 0.3) is 0 Å². The third-order valence-electron chi connectivity index (χ3n) is 13.0. The Bertz CT molecular complexity index is 2920. The summed E-state index contributed by atoms with van der Waals surface area (Å²) in [7, 11) is 0. The lowest BCUT2D eigenvalue weighted by atomic mass is 9.94. The zero-order valence-electron chi connectivity index (χ0n) is 45.2. The number of carbonyl (C=O) groups excluding carboxylic acids is 3. The monoisotopic (exact) mass is 1120 g/mol. The van der Waals surface area contributed by atoms with E-state index < -0.39 is 5.97 Å². The number of nitrogens with two attached hydrogens (primary N) is 1. The third-order valence-corrected chi connectivity index (χ3v) is 17.2. The van der Waals surface area contributed by atoms with Gasteiger partial charge in [-0.25, -0.2) is 24.7 Å². The van der Waals surface area contributed by atoms with E-state index in [-0.39, 0.29) is 52.5 Å². The highest BCUT2D eigenvalue weighted by Gasteiger charge is 2.30. The standard InChI is InChI=1S/C28H35N5O3S2.C25H33N5O2S2.C3H4O2/c1-6-23(34)31-21-9-7-8-20(14-21)18(2)33-12-10-19(11-13-33)26(35)32-27-30-16-25(38-27)37-17-24-29-15-22(36-24)28(3,4)5;1-16(18-6-5-7-19(26)12-18)30-10-8-17(9-11-30)23(31)29-24-28-14-22(34-24)33-15-21-27-13-20(32-21)25(2,3)4;1-2-3(4)5/h6-9,14-16,18-19H,1,10-13,17H2,2-5H3,(H,31,34)(H,30,32,35);5-7,12-14,16-17H,8-11,15,26H2,1-4H3,(H,28,29,31);2H,1H2,(H,4,5). The molecule has 2 aliphatic rings. The van der Waals surface area contributed by atoms with E-state index >= 15 is 0 Å². The average Bonchev–Trinajstić information content (AvgIpc) is 4.26. The van der Waals surface area contributed by atoms with Crippen LogP contribution in [0.5, 0.6) is 0 Å². The van der Waals surface area contributed by atoms with Crippen LogP contribution in [-0.2, 0) is 41.5 Å². The SMILES string of the molecule is C=CC(=O)Nc1cccc(C(C)N2CCC(C(=O)Nc3ncc(SCc4ncc(C(C)(C)C)o4)s3)CC2)c1.C=CC(=O)O.CC(c1cccc(N)c1)N1CCC(C(=O)Nc2ncc(SCc3ncc(C(C)(C)C)o3)s2)CC1. The van der Waals surface area contributed by atoms with Crippen molar-refractivity contribution in [3.8, 4) is 0 Å². The summed E-state index contributed by atoms with van der Waals surface area (Å²) in [5, 5.41) is 17.7. The molecule has 2 fully saturated rings. The Balaban J connectivity index is 0.000000230. The summed E-state index contributed by atoms with van der Waals surface area (Å²) < 4.78 is 13.7. The number of hydrogen-bond donors (Lipinski definition) is 5. The molecule has 2 atom stereocenters. The lowest BCUT2D eigenvalue weighted by Gasteiger charge is -2.35. The van der Waals surface area contributed by atoms with Crippen molar-refractivity contribution < 1.29 is 33.1 Å². The number of thioether (sulfide) groups is 2. The number of hydrogen-bond acceptors (Lipinski definition) is 17. The maximum Gasteiger partial charge on any atom is 0.327 e. The molecule has 17 nitrogen and oxygen atoms in total. The lowest BCUT2D eigenvalue weighted by molar-refractivity contribution is -0.131. The van der Waals surface area contributed by atoms with Gasteiger partial charge in [0.1, 0.15) is 11.5 Å². The molecular weight excluding hydrogens is 1050 g/mol. The Morgan fingerprint density at radius 1 is 0.688 bits per heavy atom. The van der Waals surface area contributed by atoms with Crippen molar-refractivity contribution >= 4 is 91.5 Å². The maximum absolute atomic E-state index is 12.9. The number of piperidine rings is 2. The number of anilines is 4.